The van der Waals surface area contributed by atoms with E-state index in [1.807, 2.05) is 13.8 Å². The molecule has 0 aliphatic heterocycles. The standard InChI is InChI=1S/C9H18F3NOS/c1-7(2)8(3-5-14)13-4-6-15-9(10,11)12/h7-8,13-14H,3-6H2,1-2H3. The van der Waals surface area contributed by atoms with Gasteiger partial charge in [0, 0.05) is 24.9 Å². The SMILES string of the molecule is CC(C)C(CCO)NCCSC(F)(F)F. The van der Waals surface area contributed by atoms with E-state index in [0.717, 1.165) is 0 Å². The Morgan fingerprint density at radius 3 is 2.33 bits per heavy atom. The second-order valence-electron chi connectivity index (χ2n) is 3.61. The molecule has 1 unspecified atom stereocenters. The van der Waals surface area contributed by atoms with Crippen molar-refractivity contribution in [1.29, 1.82) is 0 Å². The number of aliphatic hydroxyl groups is 1. The van der Waals surface area contributed by atoms with Crippen molar-refractivity contribution in [2.75, 3.05) is 18.9 Å². The van der Waals surface area contributed by atoms with Gasteiger partial charge in [-0.25, -0.2) is 0 Å². The summed E-state index contributed by atoms with van der Waals surface area (Å²) in [7, 11) is 0. The summed E-state index contributed by atoms with van der Waals surface area (Å²) in [4.78, 5) is 0. The minimum absolute atomic E-state index is 0.0121. The molecule has 0 heterocycles. The second kappa shape index (κ2) is 7.35. The first-order valence-electron chi connectivity index (χ1n) is 4.91. The van der Waals surface area contributed by atoms with Crippen molar-refractivity contribution in [3.8, 4) is 0 Å². The smallest absolute Gasteiger partial charge is 0.396 e. The highest BCUT2D eigenvalue weighted by Crippen LogP contribution is 2.29. The van der Waals surface area contributed by atoms with E-state index in [4.69, 9.17) is 5.11 Å². The van der Waals surface area contributed by atoms with Gasteiger partial charge < -0.3 is 10.4 Å². The van der Waals surface area contributed by atoms with Gasteiger partial charge in [0.2, 0.25) is 0 Å². The molecule has 0 amide bonds. The molecule has 6 heteroatoms. The molecule has 0 aliphatic carbocycles. The molecular weight excluding hydrogens is 227 g/mol. The normalized spacial score (nSPS) is 14.6. The lowest BCUT2D eigenvalue weighted by Crippen LogP contribution is -2.36. The molecule has 0 saturated carbocycles. The number of hydrogen-bond acceptors (Lipinski definition) is 3. The van der Waals surface area contributed by atoms with Crippen LogP contribution in [0, 0.1) is 5.92 Å². The van der Waals surface area contributed by atoms with Gasteiger partial charge in [-0.1, -0.05) is 13.8 Å². The van der Waals surface area contributed by atoms with Gasteiger partial charge >= 0.3 is 5.51 Å². The first-order chi connectivity index (χ1) is 6.87. The Hall–Kier alpha value is 0.0600. The summed E-state index contributed by atoms with van der Waals surface area (Å²) in [6.07, 6.45) is 0.578. The average Bonchev–Trinajstić information content (AvgIpc) is 2.08. The molecule has 0 spiro atoms. The number of thioether (sulfide) groups is 1. The largest absolute Gasteiger partial charge is 0.441 e. The molecule has 0 aromatic heterocycles. The highest BCUT2D eigenvalue weighted by atomic mass is 32.2. The Kier molecular flexibility index (Phi) is 7.38. The third-order valence-corrected chi connectivity index (χ3v) is 2.75. The Morgan fingerprint density at radius 1 is 1.33 bits per heavy atom. The van der Waals surface area contributed by atoms with Crippen molar-refractivity contribution in [1.82, 2.24) is 5.32 Å². The first kappa shape index (κ1) is 15.1. The van der Waals surface area contributed by atoms with E-state index in [0.29, 0.717) is 18.9 Å². The molecule has 2 nitrogen and oxygen atoms in total. The molecule has 0 bridgehead atoms. The molecule has 0 aromatic rings. The molecule has 0 fully saturated rings. The molecular formula is C9H18F3NOS. The number of rotatable bonds is 7. The fourth-order valence-electron chi connectivity index (χ4n) is 1.22. The summed E-state index contributed by atoms with van der Waals surface area (Å²) in [6, 6.07) is 0.0869. The summed E-state index contributed by atoms with van der Waals surface area (Å²) in [5.41, 5.74) is -4.15. The van der Waals surface area contributed by atoms with Crippen LogP contribution in [0.25, 0.3) is 0 Å². The van der Waals surface area contributed by atoms with Crippen molar-refractivity contribution in [2.24, 2.45) is 5.92 Å². The maximum atomic E-state index is 11.8. The van der Waals surface area contributed by atoms with Crippen LogP contribution < -0.4 is 5.32 Å². The molecule has 0 aromatic carbocycles. The number of nitrogens with one attached hydrogen (secondary N) is 1. The maximum Gasteiger partial charge on any atom is 0.441 e. The zero-order valence-electron chi connectivity index (χ0n) is 8.97. The molecule has 0 radical (unpaired) electrons. The molecule has 92 valence electrons. The van der Waals surface area contributed by atoms with Gasteiger partial charge in [-0.3, -0.25) is 0 Å². The van der Waals surface area contributed by atoms with Crippen LogP contribution in [0.5, 0.6) is 0 Å². The third kappa shape index (κ3) is 9.02. The number of alkyl halides is 3. The van der Waals surface area contributed by atoms with Crippen LogP contribution >= 0.6 is 11.8 Å². The Morgan fingerprint density at radius 2 is 1.93 bits per heavy atom. The average molecular weight is 245 g/mol. The van der Waals surface area contributed by atoms with Crippen molar-refractivity contribution < 1.29 is 18.3 Å². The van der Waals surface area contributed by atoms with Crippen LogP contribution in [0.4, 0.5) is 13.2 Å². The van der Waals surface area contributed by atoms with Crippen LogP contribution in [0.1, 0.15) is 20.3 Å². The Labute approximate surface area is 92.6 Å². The summed E-state index contributed by atoms with van der Waals surface area (Å²) in [5, 5.41) is 11.8. The minimum Gasteiger partial charge on any atom is -0.396 e. The summed E-state index contributed by atoms with van der Waals surface area (Å²) >= 11 is -0.0196. The van der Waals surface area contributed by atoms with E-state index in [1.54, 1.807) is 0 Å². The third-order valence-electron chi connectivity index (χ3n) is 2.02. The summed E-state index contributed by atoms with van der Waals surface area (Å²) in [5.74, 6) is 0.325. The van der Waals surface area contributed by atoms with Crippen molar-refractivity contribution in [3.63, 3.8) is 0 Å². The number of hydrogen-bond donors (Lipinski definition) is 2. The fourth-order valence-corrected chi connectivity index (χ4v) is 1.67. The topological polar surface area (TPSA) is 32.3 Å². The quantitative estimate of drug-likeness (QED) is 0.675. The van der Waals surface area contributed by atoms with Crippen molar-refractivity contribution in [2.45, 2.75) is 31.8 Å². The minimum atomic E-state index is -4.15. The van der Waals surface area contributed by atoms with Crippen molar-refractivity contribution in [3.05, 3.63) is 0 Å². The van der Waals surface area contributed by atoms with Crippen LogP contribution in [0.2, 0.25) is 0 Å². The van der Waals surface area contributed by atoms with Gasteiger partial charge in [-0.2, -0.15) is 13.2 Å². The van der Waals surface area contributed by atoms with Gasteiger partial charge in [0.25, 0.3) is 0 Å². The van der Waals surface area contributed by atoms with E-state index in [1.165, 1.54) is 0 Å². The lowest BCUT2D eigenvalue weighted by atomic mass is 10.0. The molecule has 15 heavy (non-hydrogen) atoms. The molecule has 0 rings (SSSR count). The number of aliphatic hydroxyl groups excluding tert-OH is 1. The maximum absolute atomic E-state index is 11.8. The van der Waals surface area contributed by atoms with Crippen molar-refractivity contribution >= 4 is 11.8 Å². The zero-order chi connectivity index (χ0) is 11.9. The van der Waals surface area contributed by atoms with Gasteiger partial charge in [0.05, 0.1) is 0 Å². The van der Waals surface area contributed by atoms with Gasteiger partial charge in [0.1, 0.15) is 0 Å². The summed E-state index contributed by atoms with van der Waals surface area (Å²) < 4.78 is 35.3. The van der Waals surface area contributed by atoms with Gasteiger partial charge in [-0.05, 0) is 24.1 Å². The van der Waals surface area contributed by atoms with E-state index in [-0.39, 0.29) is 30.2 Å². The van der Waals surface area contributed by atoms with E-state index in [9.17, 15) is 13.2 Å². The molecule has 0 saturated heterocycles. The molecule has 1 atom stereocenters. The van der Waals surface area contributed by atoms with Gasteiger partial charge in [0.15, 0.2) is 0 Å². The van der Waals surface area contributed by atoms with E-state index in [2.05, 4.69) is 5.32 Å². The van der Waals surface area contributed by atoms with Crippen LogP contribution in [0.15, 0.2) is 0 Å². The number of halogens is 3. The Bertz CT molecular complexity index is 164. The highest BCUT2D eigenvalue weighted by Gasteiger charge is 2.27. The van der Waals surface area contributed by atoms with Crippen LogP contribution in [-0.2, 0) is 0 Å². The molecule has 2 N–H and O–H groups in total. The van der Waals surface area contributed by atoms with Crippen LogP contribution in [0.3, 0.4) is 0 Å². The Balaban J connectivity index is 3.62. The predicted molar refractivity (Wildman–Crippen MR) is 56.8 cm³/mol. The highest BCUT2D eigenvalue weighted by molar-refractivity contribution is 8.00. The first-order valence-corrected chi connectivity index (χ1v) is 5.90. The lowest BCUT2D eigenvalue weighted by molar-refractivity contribution is -0.0327. The lowest BCUT2D eigenvalue weighted by Gasteiger charge is -2.21. The second-order valence-corrected chi connectivity index (χ2v) is 4.77. The van der Waals surface area contributed by atoms with E-state index < -0.39 is 5.51 Å². The zero-order valence-corrected chi connectivity index (χ0v) is 9.79. The van der Waals surface area contributed by atoms with Crippen LogP contribution in [-0.4, -0.2) is 35.6 Å². The fraction of sp³-hybridized carbons (Fsp3) is 1.00. The summed E-state index contributed by atoms with van der Waals surface area (Å²) in [6.45, 7) is 4.32. The van der Waals surface area contributed by atoms with Gasteiger partial charge in [-0.15, -0.1) is 0 Å². The molecule has 0 aliphatic rings. The van der Waals surface area contributed by atoms with E-state index >= 15 is 0 Å². The monoisotopic (exact) mass is 245 g/mol. The predicted octanol–water partition coefficient (Wildman–Crippen LogP) is 2.24.